The van der Waals surface area contributed by atoms with Gasteiger partial charge >= 0.3 is 6.18 Å². The summed E-state index contributed by atoms with van der Waals surface area (Å²) in [6, 6.07) is 3.42. The average molecular weight is 276 g/mol. The second-order valence-corrected chi connectivity index (χ2v) is 4.94. The van der Waals surface area contributed by atoms with Crippen LogP contribution in [0.3, 0.4) is 0 Å². The highest BCUT2D eigenvalue weighted by molar-refractivity contribution is 5.27. The molecule has 2 nitrogen and oxygen atoms in total. The first kappa shape index (κ1) is 14.3. The van der Waals surface area contributed by atoms with Gasteiger partial charge in [0.1, 0.15) is 5.82 Å². The van der Waals surface area contributed by atoms with E-state index in [4.69, 9.17) is 0 Å². The number of halogens is 4. The third-order valence-corrected chi connectivity index (χ3v) is 3.32. The van der Waals surface area contributed by atoms with Crippen LogP contribution in [0.5, 0.6) is 0 Å². The summed E-state index contributed by atoms with van der Waals surface area (Å²) in [4.78, 5) is 2.16. The Morgan fingerprint density at radius 3 is 2.68 bits per heavy atom. The second kappa shape index (κ2) is 5.46. The molecule has 1 saturated heterocycles. The summed E-state index contributed by atoms with van der Waals surface area (Å²) in [5.74, 6) is -1.23. The molecular weight excluding hydrogens is 260 g/mol. The van der Waals surface area contributed by atoms with Crippen molar-refractivity contribution in [3.63, 3.8) is 0 Å². The number of likely N-dealkylation sites (N-methyl/N-ethyl adjacent to an activating group) is 1. The van der Waals surface area contributed by atoms with Gasteiger partial charge in [0.05, 0.1) is 5.56 Å². The lowest BCUT2D eigenvalue weighted by atomic mass is 10.1. The Morgan fingerprint density at radius 1 is 1.37 bits per heavy atom. The molecule has 1 aliphatic heterocycles. The molecular formula is C13H16F4N2. The molecule has 106 valence electrons. The van der Waals surface area contributed by atoms with Crippen LogP contribution < -0.4 is 5.32 Å². The third kappa shape index (κ3) is 3.67. The number of nitrogens with one attached hydrogen (secondary N) is 1. The maximum atomic E-state index is 13.1. The Morgan fingerprint density at radius 2 is 2.11 bits per heavy atom. The Labute approximate surface area is 109 Å². The number of alkyl halides is 3. The molecule has 1 fully saturated rings. The van der Waals surface area contributed by atoms with E-state index in [2.05, 4.69) is 10.2 Å². The van der Waals surface area contributed by atoms with E-state index in [9.17, 15) is 17.6 Å². The minimum absolute atomic E-state index is 0.282. The minimum atomic E-state index is -4.65. The largest absolute Gasteiger partial charge is 0.419 e. The van der Waals surface area contributed by atoms with E-state index in [0.29, 0.717) is 12.1 Å². The van der Waals surface area contributed by atoms with E-state index < -0.39 is 17.6 Å². The Kier molecular flexibility index (Phi) is 4.10. The molecule has 0 aromatic heterocycles. The Balaban J connectivity index is 2.01. The summed E-state index contributed by atoms with van der Waals surface area (Å²) >= 11 is 0. The first-order valence-corrected chi connectivity index (χ1v) is 6.14. The molecule has 1 unspecified atom stereocenters. The number of nitrogens with zero attached hydrogens (tertiary/aromatic N) is 1. The number of hydrogen-bond acceptors (Lipinski definition) is 2. The molecule has 19 heavy (non-hydrogen) atoms. The summed E-state index contributed by atoms with van der Waals surface area (Å²) in [7, 11) is 2.00. The average Bonchev–Trinajstić information content (AvgIpc) is 2.72. The molecule has 1 aromatic carbocycles. The molecule has 0 amide bonds. The zero-order valence-electron chi connectivity index (χ0n) is 10.6. The Hall–Kier alpha value is -1.14. The summed E-state index contributed by atoms with van der Waals surface area (Å²) < 4.78 is 50.8. The fraction of sp³-hybridized carbons (Fsp3) is 0.538. The molecule has 0 radical (unpaired) electrons. The van der Waals surface area contributed by atoms with E-state index >= 15 is 0 Å². The van der Waals surface area contributed by atoms with Crippen molar-refractivity contribution in [2.45, 2.75) is 25.2 Å². The lowest BCUT2D eigenvalue weighted by Crippen LogP contribution is -2.31. The maximum absolute atomic E-state index is 13.1. The van der Waals surface area contributed by atoms with Crippen molar-refractivity contribution in [2.75, 3.05) is 20.1 Å². The predicted octanol–water partition coefficient (Wildman–Crippen LogP) is 2.64. The van der Waals surface area contributed by atoms with Gasteiger partial charge in [-0.3, -0.25) is 0 Å². The van der Waals surface area contributed by atoms with E-state index in [1.807, 2.05) is 7.05 Å². The zero-order chi connectivity index (χ0) is 14.0. The minimum Gasteiger partial charge on any atom is -0.309 e. The number of benzene rings is 1. The van der Waals surface area contributed by atoms with Crippen LogP contribution in [0, 0.1) is 5.82 Å². The number of hydrogen-bond donors (Lipinski definition) is 1. The first-order valence-electron chi connectivity index (χ1n) is 6.14. The highest BCUT2D eigenvalue weighted by atomic mass is 19.4. The van der Waals surface area contributed by atoms with Gasteiger partial charge in [-0.25, -0.2) is 4.39 Å². The van der Waals surface area contributed by atoms with Crippen LogP contribution in [0.25, 0.3) is 0 Å². The van der Waals surface area contributed by atoms with Gasteiger partial charge in [-0.2, -0.15) is 13.2 Å². The quantitative estimate of drug-likeness (QED) is 0.854. The van der Waals surface area contributed by atoms with E-state index in [0.717, 1.165) is 31.6 Å². The molecule has 1 aromatic rings. The van der Waals surface area contributed by atoms with Crippen LogP contribution in [-0.4, -0.2) is 31.1 Å². The van der Waals surface area contributed by atoms with Crippen molar-refractivity contribution in [3.8, 4) is 0 Å². The standard InChI is InChI=1S/C13H16F4N2/c1-19-5-4-10(8-19)18-7-9-2-3-12(14)11(6-9)13(15,16)17/h2-3,6,10,18H,4-5,7-8H2,1H3. The highest BCUT2D eigenvalue weighted by Crippen LogP contribution is 2.31. The SMILES string of the molecule is CN1CCC(NCc2ccc(F)c(C(F)(F)F)c2)C1. The molecule has 1 heterocycles. The molecule has 1 N–H and O–H groups in total. The fourth-order valence-corrected chi connectivity index (χ4v) is 2.26. The third-order valence-electron chi connectivity index (χ3n) is 3.32. The second-order valence-electron chi connectivity index (χ2n) is 4.94. The van der Waals surface area contributed by atoms with E-state index in [1.54, 1.807) is 0 Å². The Bertz CT molecular complexity index is 445. The topological polar surface area (TPSA) is 15.3 Å². The van der Waals surface area contributed by atoms with Crippen molar-refractivity contribution in [2.24, 2.45) is 0 Å². The van der Waals surface area contributed by atoms with Crippen molar-refractivity contribution in [3.05, 3.63) is 35.1 Å². The van der Waals surface area contributed by atoms with Crippen molar-refractivity contribution >= 4 is 0 Å². The van der Waals surface area contributed by atoms with Gasteiger partial charge in [-0.15, -0.1) is 0 Å². The molecule has 6 heteroatoms. The van der Waals surface area contributed by atoms with Crippen LogP contribution in [0.4, 0.5) is 17.6 Å². The van der Waals surface area contributed by atoms with E-state index in [-0.39, 0.29) is 6.04 Å². The van der Waals surface area contributed by atoms with Gasteiger partial charge in [-0.05, 0) is 37.7 Å². The monoisotopic (exact) mass is 276 g/mol. The van der Waals surface area contributed by atoms with Crippen molar-refractivity contribution < 1.29 is 17.6 Å². The fourth-order valence-electron chi connectivity index (χ4n) is 2.26. The van der Waals surface area contributed by atoms with Gasteiger partial charge in [-0.1, -0.05) is 6.07 Å². The van der Waals surface area contributed by atoms with Crippen LogP contribution in [-0.2, 0) is 12.7 Å². The smallest absolute Gasteiger partial charge is 0.309 e. The summed E-state index contributed by atoms with van der Waals surface area (Å²) in [5, 5.41) is 3.19. The van der Waals surface area contributed by atoms with Crippen molar-refractivity contribution in [1.29, 1.82) is 0 Å². The molecule has 1 aliphatic rings. The zero-order valence-corrected chi connectivity index (χ0v) is 10.6. The van der Waals surface area contributed by atoms with Gasteiger partial charge in [0.2, 0.25) is 0 Å². The van der Waals surface area contributed by atoms with E-state index in [1.165, 1.54) is 6.07 Å². The van der Waals surface area contributed by atoms with Gasteiger partial charge < -0.3 is 10.2 Å². The molecule has 0 aliphatic carbocycles. The van der Waals surface area contributed by atoms with Crippen LogP contribution in [0.2, 0.25) is 0 Å². The lowest BCUT2D eigenvalue weighted by Gasteiger charge is -2.14. The highest BCUT2D eigenvalue weighted by Gasteiger charge is 2.34. The normalized spacial score (nSPS) is 21.0. The number of rotatable bonds is 3. The van der Waals surface area contributed by atoms with Crippen LogP contribution in [0.1, 0.15) is 17.5 Å². The first-order chi connectivity index (χ1) is 8.86. The summed E-state index contributed by atoms with van der Waals surface area (Å²) in [5.41, 5.74) is -0.751. The van der Waals surface area contributed by atoms with Crippen LogP contribution in [0.15, 0.2) is 18.2 Å². The van der Waals surface area contributed by atoms with Gasteiger partial charge in [0, 0.05) is 19.1 Å². The number of likely N-dealkylation sites (tertiary alicyclic amines) is 1. The molecule has 2 rings (SSSR count). The van der Waals surface area contributed by atoms with Gasteiger partial charge in [0.25, 0.3) is 0 Å². The molecule has 1 atom stereocenters. The lowest BCUT2D eigenvalue weighted by molar-refractivity contribution is -0.140. The summed E-state index contributed by atoms with van der Waals surface area (Å²) in [6.45, 7) is 2.18. The maximum Gasteiger partial charge on any atom is 0.419 e. The predicted molar refractivity (Wildman–Crippen MR) is 64.1 cm³/mol. The molecule has 0 saturated carbocycles. The molecule has 0 spiro atoms. The van der Waals surface area contributed by atoms with Crippen LogP contribution >= 0.6 is 0 Å². The molecule has 0 bridgehead atoms. The summed E-state index contributed by atoms with van der Waals surface area (Å²) in [6.07, 6.45) is -3.67. The van der Waals surface area contributed by atoms with Gasteiger partial charge in [0.15, 0.2) is 0 Å². The van der Waals surface area contributed by atoms with Crippen molar-refractivity contribution in [1.82, 2.24) is 10.2 Å².